The van der Waals surface area contributed by atoms with Crippen molar-refractivity contribution in [1.82, 2.24) is 41.7 Å². The molecule has 2 unspecified atom stereocenters. The van der Waals surface area contributed by atoms with Gasteiger partial charge in [-0.2, -0.15) is 0 Å². The summed E-state index contributed by atoms with van der Waals surface area (Å²) in [5.41, 5.74) is 26.5. The monoisotopic (exact) mass is 1060 g/mol. The first-order valence-electron chi connectivity index (χ1n) is 26.3. The van der Waals surface area contributed by atoms with Gasteiger partial charge in [0.15, 0.2) is 23.2 Å². The van der Waals surface area contributed by atoms with Gasteiger partial charge in [0, 0.05) is 41.8 Å². The number of carbonyl (C=O) groups excluding carboxylic acids is 8. The Bertz CT molecular complexity index is 2510. The normalized spacial score (nSPS) is 22.2. The van der Waals surface area contributed by atoms with Crippen LogP contribution in [-0.2, 0) is 56.0 Å². The van der Waals surface area contributed by atoms with Crippen LogP contribution in [0.5, 0.6) is 0 Å². The number of aliphatic imine (C=N–C) groups is 2. The Kier molecular flexibility index (Phi) is 21.2. The van der Waals surface area contributed by atoms with E-state index < -0.39 is 127 Å². The maximum absolute atomic E-state index is 14.5. The van der Waals surface area contributed by atoms with Crippen molar-refractivity contribution >= 4 is 65.0 Å². The van der Waals surface area contributed by atoms with Crippen molar-refractivity contribution in [3.05, 3.63) is 71.8 Å². The van der Waals surface area contributed by atoms with E-state index >= 15 is 0 Å². The summed E-state index contributed by atoms with van der Waals surface area (Å²) in [5.74, 6) is -8.45. The van der Waals surface area contributed by atoms with E-state index in [4.69, 9.17) is 31.4 Å². The number of hydrogen-bond acceptors (Lipinski definition) is 14. The molecule has 3 fully saturated rings. The van der Waals surface area contributed by atoms with E-state index in [-0.39, 0.29) is 89.6 Å². The lowest BCUT2D eigenvalue weighted by atomic mass is 9.85. The van der Waals surface area contributed by atoms with Gasteiger partial charge < -0.3 is 75.3 Å². The molecule has 3 saturated heterocycles. The lowest BCUT2D eigenvalue weighted by Gasteiger charge is -2.34. The van der Waals surface area contributed by atoms with Crippen LogP contribution in [0.2, 0.25) is 0 Å². The molecule has 18 N–H and O–H groups in total. The van der Waals surface area contributed by atoms with Crippen molar-refractivity contribution in [2.75, 3.05) is 45.9 Å². The number of ketones is 1. The van der Waals surface area contributed by atoms with Gasteiger partial charge in [0.25, 0.3) is 0 Å². The van der Waals surface area contributed by atoms with Gasteiger partial charge in [-0.25, -0.2) is 4.79 Å². The van der Waals surface area contributed by atoms with E-state index in [1.54, 1.807) is 60.7 Å². The Morgan fingerprint density at radius 2 is 1.24 bits per heavy atom. The first kappa shape index (κ1) is 56.0. The third kappa shape index (κ3) is 16.6. The molecule has 0 bridgehead atoms. The topological polar surface area (TPSA) is 428 Å². The van der Waals surface area contributed by atoms with Crippen LogP contribution in [0.25, 0.3) is 0 Å². The van der Waals surface area contributed by atoms with Gasteiger partial charge in [-0.15, -0.1) is 0 Å². The van der Waals surface area contributed by atoms with Gasteiger partial charge in [-0.05, 0) is 81.8 Å². The Morgan fingerprint density at radius 3 is 1.76 bits per heavy atom. The number of aliphatic hydroxyl groups is 1. The summed E-state index contributed by atoms with van der Waals surface area (Å²) in [4.78, 5) is 134. The molecule has 0 radical (unpaired) electrons. The average molecular weight is 1060 g/mol. The SMILES string of the molecule is [3H]C1CN[C@@](C(=O)NCC(=O)N[C@@H](Cc2ccccc2)C(=O)N[C@@H](CO)C(=O)N2CCC[C@H]2C(=O)N[C@@H](Cc2ccccc2)C(=O)N[C@@H](CCCN=C(N)N)C(=O)O)(C(=O)[C@@H]2CCCN2C(=O)[C@@H](N)CCCN=C(N)N)C1[3H]. The number of carboxylic acids is 1. The zero-order chi connectivity index (χ0) is 57.1. The fraction of sp³-hybridized carbons (Fsp3) is 0.540. The molecule has 0 aliphatic carbocycles. The van der Waals surface area contributed by atoms with Crippen molar-refractivity contribution in [2.24, 2.45) is 38.7 Å². The van der Waals surface area contributed by atoms with Gasteiger partial charge in [0.2, 0.25) is 41.4 Å². The number of Topliss-reactive ketones (excluding diaryl/α,β-unsaturated/α-hetero) is 1. The Balaban J connectivity index is 1.27. The minimum atomic E-state index is -2.35. The van der Waals surface area contributed by atoms with Crippen LogP contribution >= 0.6 is 0 Å². The van der Waals surface area contributed by atoms with Gasteiger partial charge >= 0.3 is 5.97 Å². The van der Waals surface area contributed by atoms with Gasteiger partial charge in [-0.1, -0.05) is 60.7 Å². The van der Waals surface area contributed by atoms with Crippen LogP contribution in [-0.4, -0.2) is 179 Å². The molecule has 10 atom stereocenters. The molecule has 26 nitrogen and oxygen atoms in total. The number of likely N-dealkylation sites (tertiary alicyclic amines) is 2. The van der Waals surface area contributed by atoms with E-state index in [9.17, 15) is 53.4 Å². The molecule has 2 aromatic carbocycles. The Morgan fingerprint density at radius 1 is 0.711 bits per heavy atom. The average Bonchev–Trinajstić information content (AvgIpc) is 4.26. The van der Waals surface area contributed by atoms with Gasteiger partial charge in [-0.3, -0.25) is 53.7 Å². The number of benzene rings is 2. The molecular formula is C50H73N15O11. The summed E-state index contributed by atoms with van der Waals surface area (Å²) in [7, 11) is 0. The van der Waals surface area contributed by atoms with Crippen molar-refractivity contribution in [3.63, 3.8) is 0 Å². The van der Waals surface area contributed by atoms with Crippen LogP contribution in [0, 0.1) is 0 Å². The standard InChI is InChI=1S/C50H73N15O11/c51-32(16-7-21-56-48(52)53)44(72)64-24-9-18-37(64)40(68)50(20-11-23-59-50)47(76)58-28-39(67)60-34(26-30-12-3-1-4-13-30)41(69)63-36(29-66)45(73)65-25-10-19-38(65)43(71)62-35(27-31-14-5-2-6-15-31)42(70)61-33(46(74)75)17-8-22-57-49(54)55/h1-6,12-15,32-38,59,66H,7-11,16-29,51H2,(H,58,76)(H,60,67)(H,61,70)(H,62,71)(H,63,69)(H,74,75)(H4,52,53,56)(H4,54,55,57)/t32-,33-,34-,35-,36-,37-,38-,50+/m0/s1/i11T,20T/t11?,20?,32-,33-,34-,35-,36-,37-,38-,50+. The Hall–Kier alpha value is -7.71. The molecule has 414 valence electrons. The first-order chi connectivity index (χ1) is 37.2. The summed E-state index contributed by atoms with van der Waals surface area (Å²) in [6, 6.07) is 7.89. The number of aliphatic hydroxyl groups excluding tert-OH is 1. The molecule has 7 amide bonds. The minimum absolute atomic E-state index is 0.0169. The van der Waals surface area contributed by atoms with E-state index in [0.29, 0.717) is 30.4 Å². The third-order valence-electron chi connectivity index (χ3n) is 13.2. The largest absolute Gasteiger partial charge is 0.480 e. The van der Waals surface area contributed by atoms with Crippen molar-refractivity contribution in [3.8, 4) is 0 Å². The maximum atomic E-state index is 14.5. The first-order valence-corrected chi connectivity index (χ1v) is 25.2. The minimum Gasteiger partial charge on any atom is -0.480 e. The van der Waals surface area contributed by atoms with Gasteiger partial charge in [0.1, 0.15) is 30.2 Å². The molecule has 76 heavy (non-hydrogen) atoms. The molecule has 5 rings (SSSR count). The van der Waals surface area contributed by atoms with E-state index in [1.165, 1.54) is 4.90 Å². The van der Waals surface area contributed by atoms with Crippen molar-refractivity contribution < 1.29 is 56.1 Å². The summed E-state index contributed by atoms with van der Waals surface area (Å²) in [5, 5.41) is 35.8. The smallest absolute Gasteiger partial charge is 0.326 e. The second kappa shape index (κ2) is 28.8. The highest BCUT2D eigenvalue weighted by Gasteiger charge is 2.53. The maximum Gasteiger partial charge on any atom is 0.326 e. The number of carbonyl (C=O) groups is 9. The van der Waals surface area contributed by atoms with E-state index in [2.05, 4.69) is 41.9 Å². The number of amides is 7. The number of nitrogens with one attached hydrogen (secondary N) is 6. The number of carboxylic acid groups (broad SMARTS) is 1. The summed E-state index contributed by atoms with van der Waals surface area (Å²) in [6.45, 7) is -1.52. The molecule has 26 heteroatoms. The number of guanidine groups is 2. The number of aliphatic carboxylic acids is 1. The molecule has 0 saturated carbocycles. The summed E-state index contributed by atoms with van der Waals surface area (Å²) >= 11 is 0. The zero-order valence-corrected chi connectivity index (χ0v) is 42.2. The second-order valence-electron chi connectivity index (χ2n) is 18.7. The number of nitrogens with zero attached hydrogens (tertiary/aromatic N) is 4. The van der Waals surface area contributed by atoms with Crippen LogP contribution in [0.4, 0.5) is 0 Å². The molecule has 0 aromatic heterocycles. The zero-order valence-electron chi connectivity index (χ0n) is 44.2. The van der Waals surface area contributed by atoms with Crippen LogP contribution in [0.3, 0.4) is 0 Å². The van der Waals surface area contributed by atoms with E-state index in [1.807, 2.05) is 0 Å². The lowest BCUT2D eigenvalue weighted by Crippen LogP contribution is -2.65. The third-order valence-corrected chi connectivity index (χ3v) is 13.2. The van der Waals surface area contributed by atoms with Crippen molar-refractivity contribution in [2.45, 2.75) is 125 Å². The highest BCUT2D eigenvalue weighted by Crippen LogP contribution is 2.29. The summed E-state index contributed by atoms with van der Waals surface area (Å²) < 4.78 is 17.3. The molecule has 3 aliphatic heterocycles. The molecule has 3 aliphatic rings. The second-order valence-corrected chi connectivity index (χ2v) is 18.7. The molecular weight excluding hydrogens is 987 g/mol. The number of hydrogen-bond donors (Lipinski definition) is 13. The van der Waals surface area contributed by atoms with Crippen LogP contribution in [0.15, 0.2) is 70.6 Å². The fourth-order valence-corrected chi connectivity index (χ4v) is 9.30. The van der Waals surface area contributed by atoms with Gasteiger partial charge in [0.05, 0.1) is 25.2 Å². The van der Waals surface area contributed by atoms with Crippen LogP contribution in [0.1, 0.15) is 78.0 Å². The lowest BCUT2D eigenvalue weighted by molar-refractivity contribution is -0.145. The predicted octanol–water partition coefficient (Wildman–Crippen LogP) is -4.29. The predicted molar refractivity (Wildman–Crippen MR) is 278 cm³/mol. The molecule has 0 spiro atoms. The Labute approximate surface area is 442 Å². The highest BCUT2D eigenvalue weighted by atomic mass is 16.4. The van der Waals surface area contributed by atoms with E-state index in [0.717, 1.165) is 4.90 Å². The van der Waals surface area contributed by atoms with Crippen LogP contribution < -0.4 is 60.6 Å². The highest BCUT2D eigenvalue weighted by molar-refractivity contribution is 6.14. The summed E-state index contributed by atoms with van der Waals surface area (Å²) in [6.07, 6.45) is -1.41. The van der Waals surface area contributed by atoms with Crippen molar-refractivity contribution in [1.29, 1.82) is 0 Å². The number of nitrogens with two attached hydrogens (primary N) is 5. The number of rotatable bonds is 28. The molecule has 2 aromatic rings. The quantitative estimate of drug-likeness (QED) is 0.0166. The fourth-order valence-electron chi connectivity index (χ4n) is 9.30. The molecule has 3 heterocycles.